The third kappa shape index (κ3) is 2.72. The van der Waals surface area contributed by atoms with Gasteiger partial charge in [0.1, 0.15) is 11.3 Å². The highest BCUT2D eigenvalue weighted by Gasteiger charge is 2.14. The molecule has 0 radical (unpaired) electrons. The number of nitrogens with zero attached hydrogens (tertiary/aromatic N) is 2. The standard InChI is InChI=1S/C17H15FN2OS/c1-11(2)19-16-8-3-4-9-20(16)17(21)15-10-12-13(18)6-5-7-14(12)22-15/h3-11H,1-2H3. The van der Waals surface area contributed by atoms with Gasteiger partial charge in [-0.3, -0.25) is 14.4 Å². The molecule has 2 aromatic heterocycles. The highest BCUT2D eigenvalue weighted by atomic mass is 32.1. The monoisotopic (exact) mass is 314 g/mol. The molecule has 0 spiro atoms. The minimum Gasteiger partial charge on any atom is -0.267 e. The van der Waals surface area contributed by atoms with Crippen molar-refractivity contribution in [3.05, 3.63) is 64.8 Å². The van der Waals surface area contributed by atoms with Crippen LogP contribution in [0.5, 0.6) is 0 Å². The summed E-state index contributed by atoms with van der Waals surface area (Å²) in [5, 5.41) is 0.481. The van der Waals surface area contributed by atoms with Crippen LogP contribution in [0, 0.1) is 5.82 Å². The first-order chi connectivity index (χ1) is 10.6. The average Bonchev–Trinajstić information content (AvgIpc) is 2.92. The summed E-state index contributed by atoms with van der Waals surface area (Å²) >= 11 is 1.29. The molecule has 3 aromatic rings. The SMILES string of the molecule is CC(C)N=c1ccccn1C(=O)c1cc2c(F)cccc2s1. The summed E-state index contributed by atoms with van der Waals surface area (Å²) in [6, 6.07) is 12.0. The molecule has 3 nitrogen and oxygen atoms in total. The molecule has 0 unspecified atom stereocenters. The third-order valence-electron chi connectivity index (χ3n) is 3.17. The van der Waals surface area contributed by atoms with Gasteiger partial charge in [-0.25, -0.2) is 4.39 Å². The normalized spacial score (nSPS) is 12.3. The number of thiophene rings is 1. The van der Waals surface area contributed by atoms with Gasteiger partial charge in [-0.2, -0.15) is 0 Å². The van der Waals surface area contributed by atoms with Gasteiger partial charge < -0.3 is 0 Å². The Bertz CT molecular complexity index is 908. The molecule has 0 saturated carbocycles. The fourth-order valence-corrected chi connectivity index (χ4v) is 3.24. The summed E-state index contributed by atoms with van der Waals surface area (Å²) < 4.78 is 16.1. The quantitative estimate of drug-likeness (QED) is 0.707. The molecule has 0 saturated heterocycles. The lowest BCUT2D eigenvalue weighted by atomic mass is 10.2. The molecule has 0 fully saturated rings. The second-order valence-corrected chi connectivity index (χ2v) is 6.30. The molecule has 0 atom stereocenters. The van der Waals surface area contributed by atoms with E-state index < -0.39 is 0 Å². The minimum absolute atomic E-state index is 0.0845. The molecule has 0 N–H and O–H groups in total. The number of halogens is 1. The first-order valence-corrected chi connectivity index (χ1v) is 7.82. The van der Waals surface area contributed by atoms with Gasteiger partial charge in [0.15, 0.2) is 0 Å². The number of aromatic nitrogens is 1. The van der Waals surface area contributed by atoms with Gasteiger partial charge >= 0.3 is 0 Å². The summed E-state index contributed by atoms with van der Waals surface area (Å²) in [5.74, 6) is -0.501. The van der Waals surface area contributed by atoms with Crippen LogP contribution < -0.4 is 5.49 Å². The topological polar surface area (TPSA) is 34.4 Å². The Balaban J connectivity index is 2.13. The van der Waals surface area contributed by atoms with Crippen molar-refractivity contribution >= 4 is 27.3 Å². The number of pyridine rings is 1. The van der Waals surface area contributed by atoms with Crippen LogP contribution in [0.25, 0.3) is 10.1 Å². The van der Waals surface area contributed by atoms with Crippen LogP contribution in [0.2, 0.25) is 0 Å². The lowest BCUT2D eigenvalue weighted by Crippen LogP contribution is -2.27. The van der Waals surface area contributed by atoms with E-state index in [1.807, 2.05) is 26.0 Å². The lowest BCUT2D eigenvalue weighted by Gasteiger charge is -2.05. The summed E-state index contributed by atoms with van der Waals surface area (Å²) in [4.78, 5) is 17.7. The van der Waals surface area contributed by atoms with Crippen LogP contribution in [0.15, 0.2) is 53.7 Å². The van der Waals surface area contributed by atoms with E-state index in [4.69, 9.17) is 0 Å². The number of hydrogen-bond donors (Lipinski definition) is 0. The van der Waals surface area contributed by atoms with E-state index in [0.717, 1.165) is 4.70 Å². The van der Waals surface area contributed by atoms with Crippen molar-refractivity contribution in [3.8, 4) is 0 Å². The van der Waals surface area contributed by atoms with Gasteiger partial charge in [-0.1, -0.05) is 12.1 Å². The first-order valence-electron chi connectivity index (χ1n) is 7.00. The number of carbonyl (C=O) groups is 1. The van der Waals surface area contributed by atoms with Crippen LogP contribution in [0.3, 0.4) is 0 Å². The van der Waals surface area contributed by atoms with Crippen molar-refractivity contribution in [2.45, 2.75) is 19.9 Å². The lowest BCUT2D eigenvalue weighted by molar-refractivity contribution is 0.0958. The van der Waals surface area contributed by atoms with Gasteiger partial charge in [0, 0.05) is 22.3 Å². The van der Waals surface area contributed by atoms with Gasteiger partial charge in [0.25, 0.3) is 5.91 Å². The predicted octanol–water partition coefficient (Wildman–Crippen LogP) is 3.84. The largest absolute Gasteiger partial charge is 0.273 e. The molecule has 112 valence electrons. The fourth-order valence-electron chi connectivity index (χ4n) is 2.23. The van der Waals surface area contributed by atoms with Gasteiger partial charge in [0.05, 0.1) is 4.88 Å². The Morgan fingerprint density at radius 3 is 2.77 bits per heavy atom. The zero-order valence-corrected chi connectivity index (χ0v) is 13.1. The Morgan fingerprint density at radius 1 is 1.23 bits per heavy atom. The Hall–Kier alpha value is -2.27. The summed E-state index contributed by atoms with van der Waals surface area (Å²) in [6.07, 6.45) is 1.68. The second-order valence-electron chi connectivity index (χ2n) is 5.22. The van der Waals surface area contributed by atoms with Crippen LogP contribution in [0.1, 0.15) is 23.5 Å². The molecular formula is C17H15FN2OS. The molecule has 22 heavy (non-hydrogen) atoms. The number of benzene rings is 1. The van der Waals surface area contributed by atoms with E-state index in [2.05, 4.69) is 4.99 Å². The van der Waals surface area contributed by atoms with Crippen molar-refractivity contribution < 1.29 is 9.18 Å². The van der Waals surface area contributed by atoms with Gasteiger partial charge in [-0.15, -0.1) is 11.3 Å². The highest BCUT2D eigenvalue weighted by Crippen LogP contribution is 2.27. The summed E-state index contributed by atoms with van der Waals surface area (Å²) in [5.41, 5.74) is 0.598. The molecule has 0 aliphatic rings. The van der Waals surface area contributed by atoms with E-state index in [-0.39, 0.29) is 17.8 Å². The van der Waals surface area contributed by atoms with Crippen LogP contribution in [-0.2, 0) is 0 Å². The molecule has 2 heterocycles. The molecule has 0 amide bonds. The molecule has 0 aliphatic carbocycles. The van der Waals surface area contributed by atoms with Crippen LogP contribution >= 0.6 is 11.3 Å². The molecular weight excluding hydrogens is 299 g/mol. The van der Waals surface area contributed by atoms with Crippen molar-refractivity contribution in [2.75, 3.05) is 0 Å². The maximum absolute atomic E-state index is 13.8. The van der Waals surface area contributed by atoms with E-state index in [1.54, 1.807) is 30.5 Å². The van der Waals surface area contributed by atoms with Crippen molar-refractivity contribution in [2.24, 2.45) is 4.99 Å². The van der Waals surface area contributed by atoms with E-state index in [1.165, 1.54) is 22.0 Å². The summed E-state index contributed by atoms with van der Waals surface area (Å²) in [6.45, 7) is 3.91. The molecule has 1 aromatic carbocycles. The van der Waals surface area contributed by atoms with Crippen molar-refractivity contribution in [1.82, 2.24) is 4.57 Å². The first kappa shape index (κ1) is 14.7. The third-order valence-corrected chi connectivity index (χ3v) is 4.25. The summed E-state index contributed by atoms with van der Waals surface area (Å²) in [7, 11) is 0. The van der Waals surface area contributed by atoms with E-state index >= 15 is 0 Å². The molecule has 0 aliphatic heterocycles. The highest BCUT2D eigenvalue weighted by molar-refractivity contribution is 7.20. The predicted molar refractivity (Wildman–Crippen MR) is 86.6 cm³/mol. The zero-order valence-electron chi connectivity index (χ0n) is 12.3. The second kappa shape index (κ2) is 5.85. The molecule has 5 heteroatoms. The fraction of sp³-hybridized carbons (Fsp3) is 0.176. The number of fused-ring (bicyclic) bond motifs is 1. The Morgan fingerprint density at radius 2 is 2.05 bits per heavy atom. The van der Waals surface area contributed by atoms with Crippen molar-refractivity contribution in [1.29, 1.82) is 0 Å². The van der Waals surface area contributed by atoms with Crippen LogP contribution in [-0.4, -0.2) is 16.5 Å². The Labute approximate surface area is 131 Å². The Kier molecular flexibility index (Phi) is 3.90. The average molecular weight is 314 g/mol. The zero-order chi connectivity index (χ0) is 15.7. The van der Waals surface area contributed by atoms with Crippen LogP contribution in [0.4, 0.5) is 4.39 Å². The molecule has 0 bridgehead atoms. The van der Waals surface area contributed by atoms with Gasteiger partial charge in [0.2, 0.25) is 0 Å². The smallest absolute Gasteiger partial charge is 0.267 e. The van der Waals surface area contributed by atoms with E-state index in [0.29, 0.717) is 15.8 Å². The number of hydrogen-bond acceptors (Lipinski definition) is 3. The molecule has 3 rings (SSSR count). The minimum atomic E-state index is -0.307. The maximum Gasteiger partial charge on any atom is 0.273 e. The van der Waals surface area contributed by atoms with E-state index in [9.17, 15) is 9.18 Å². The number of rotatable bonds is 2. The maximum atomic E-state index is 13.8. The van der Waals surface area contributed by atoms with Gasteiger partial charge in [-0.05, 0) is 44.2 Å². The van der Waals surface area contributed by atoms with Crippen molar-refractivity contribution in [3.63, 3.8) is 0 Å². The number of carbonyl (C=O) groups excluding carboxylic acids is 1.